The van der Waals surface area contributed by atoms with Gasteiger partial charge < -0.3 is 5.32 Å². The van der Waals surface area contributed by atoms with Crippen LogP contribution >= 0.6 is 11.6 Å². The third-order valence-corrected chi connectivity index (χ3v) is 2.21. The van der Waals surface area contributed by atoms with Crippen molar-refractivity contribution in [2.24, 2.45) is 0 Å². The SMILES string of the molecule is CCCc1ccccc1NC/C=C/Cl. The molecule has 76 valence electrons. The van der Waals surface area contributed by atoms with Crippen molar-refractivity contribution in [3.05, 3.63) is 41.4 Å². The highest BCUT2D eigenvalue weighted by Crippen LogP contribution is 2.16. The summed E-state index contributed by atoms with van der Waals surface area (Å²) >= 11 is 5.45. The minimum atomic E-state index is 0.782. The van der Waals surface area contributed by atoms with Crippen LogP contribution in [0.15, 0.2) is 35.9 Å². The molecule has 0 aliphatic heterocycles. The zero-order valence-corrected chi connectivity index (χ0v) is 9.22. The highest BCUT2D eigenvalue weighted by molar-refractivity contribution is 6.25. The second kappa shape index (κ2) is 6.50. The van der Waals surface area contributed by atoms with Gasteiger partial charge in [-0.3, -0.25) is 0 Å². The lowest BCUT2D eigenvalue weighted by Crippen LogP contribution is -2.01. The van der Waals surface area contributed by atoms with Crippen LogP contribution in [-0.4, -0.2) is 6.54 Å². The first-order valence-electron chi connectivity index (χ1n) is 4.95. The molecule has 1 aromatic rings. The molecule has 0 aliphatic carbocycles. The van der Waals surface area contributed by atoms with E-state index in [-0.39, 0.29) is 0 Å². The molecule has 0 unspecified atom stereocenters. The molecule has 0 saturated heterocycles. The van der Waals surface area contributed by atoms with E-state index in [0.29, 0.717) is 0 Å². The summed E-state index contributed by atoms with van der Waals surface area (Å²) in [6.07, 6.45) is 4.18. The molecule has 0 heterocycles. The number of nitrogens with one attached hydrogen (secondary N) is 1. The second-order valence-electron chi connectivity index (χ2n) is 3.15. The number of hydrogen-bond donors (Lipinski definition) is 1. The number of hydrogen-bond acceptors (Lipinski definition) is 1. The van der Waals surface area contributed by atoms with Gasteiger partial charge in [0.05, 0.1) is 0 Å². The number of aryl methyl sites for hydroxylation is 1. The van der Waals surface area contributed by atoms with E-state index >= 15 is 0 Å². The summed E-state index contributed by atoms with van der Waals surface area (Å²) in [7, 11) is 0. The van der Waals surface area contributed by atoms with E-state index in [1.54, 1.807) is 0 Å². The molecular formula is C12H16ClN. The zero-order valence-electron chi connectivity index (χ0n) is 8.46. The lowest BCUT2D eigenvalue weighted by atomic mass is 10.1. The van der Waals surface area contributed by atoms with Crippen molar-refractivity contribution in [2.45, 2.75) is 19.8 Å². The fourth-order valence-electron chi connectivity index (χ4n) is 1.39. The Bertz CT molecular complexity index is 294. The molecule has 1 nitrogen and oxygen atoms in total. The van der Waals surface area contributed by atoms with Crippen LogP contribution in [0.4, 0.5) is 5.69 Å². The Morgan fingerprint density at radius 1 is 1.36 bits per heavy atom. The van der Waals surface area contributed by atoms with Crippen LogP contribution in [0.5, 0.6) is 0 Å². The number of rotatable bonds is 5. The molecule has 0 atom stereocenters. The molecule has 0 bridgehead atoms. The van der Waals surface area contributed by atoms with Gasteiger partial charge in [-0.1, -0.05) is 49.2 Å². The maximum atomic E-state index is 5.45. The Hall–Kier alpha value is -0.950. The van der Waals surface area contributed by atoms with E-state index in [2.05, 4.69) is 30.4 Å². The molecular weight excluding hydrogens is 194 g/mol. The summed E-state index contributed by atoms with van der Waals surface area (Å²) in [5.41, 5.74) is 4.12. The average molecular weight is 210 g/mol. The van der Waals surface area contributed by atoms with Crippen molar-refractivity contribution in [3.63, 3.8) is 0 Å². The summed E-state index contributed by atoms with van der Waals surface area (Å²) in [4.78, 5) is 0. The standard InChI is InChI=1S/C12H16ClN/c1-2-6-11-7-3-4-8-12(11)14-10-5-9-13/h3-5,7-9,14H,2,6,10H2,1H3/b9-5+. The molecule has 0 saturated carbocycles. The van der Waals surface area contributed by atoms with E-state index in [0.717, 1.165) is 13.0 Å². The normalized spacial score (nSPS) is 10.7. The molecule has 14 heavy (non-hydrogen) atoms. The Labute approximate surface area is 90.8 Å². The van der Waals surface area contributed by atoms with Crippen molar-refractivity contribution in [1.82, 2.24) is 0 Å². The van der Waals surface area contributed by atoms with Crippen molar-refractivity contribution in [1.29, 1.82) is 0 Å². The lowest BCUT2D eigenvalue weighted by Gasteiger charge is -2.09. The molecule has 0 radical (unpaired) electrons. The van der Waals surface area contributed by atoms with Gasteiger partial charge in [0, 0.05) is 17.8 Å². The number of halogens is 1. The first-order valence-corrected chi connectivity index (χ1v) is 5.39. The summed E-state index contributed by atoms with van der Waals surface area (Å²) in [5, 5.41) is 3.33. The van der Waals surface area contributed by atoms with Gasteiger partial charge in [-0.2, -0.15) is 0 Å². The summed E-state index contributed by atoms with van der Waals surface area (Å²) < 4.78 is 0. The van der Waals surface area contributed by atoms with E-state index in [4.69, 9.17) is 11.6 Å². The van der Waals surface area contributed by atoms with Crippen molar-refractivity contribution in [3.8, 4) is 0 Å². The maximum Gasteiger partial charge on any atom is 0.0375 e. The van der Waals surface area contributed by atoms with Crippen molar-refractivity contribution in [2.75, 3.05) is 11.9 Å². The van der Waals surface area contributed by atoms with Crippen LogP contribution in [-0.2, 0) is 6.42 Å². The van der Waals surface area contributed by atoms with Gasteiger partial charge in [0.15, 0.2) is 0 Å². The van der Waals surface area contributed by atoms with E-state index in [1.165, 1.54) is 23.2 Å². The van der Waals surface area contributed by atoms with Gasteiger partial charge in [0.1, 0.15) is 0 Å². The van der Waals surface area contributed by atoms with E-state index in [9.17, 15) is 0 Å². The first-order chi connectivity index (χ1) is 6.88. The highest BCUT2D eigenvalue weighted by atomic mass is 35.5. The van der Waals surface area contributed by atoms with Gasteiger partial charge in [0.25, 0.3) is 0 Å². The van der Waals surface area contributed by atoms with Gasteiger partial charge in [-0.25, -0.2) is 0 Å². The topological polar surface area (TPSA) is 12.0 Å². The average Bonchev–Trinajstić information content (AvgIpc) is 2.21. The quantitative estimate of drug-likeness (QED) is 0.778. The maximum absolute atomic E-state index is 5.45. The molecule has 0 fully saturated rings. The van der Waals surface area contributed by atoms with Crippen LogP contribution < -0.4 is 5.32 Å². The third kappa shape index (κ3) is 3.43. The van der Waals surface area contributed by atoms with Crippen LogP contribution in [0.2, 0.25) is 0 Å². The minimum Gasteiger partial charge on any atom is -0.381 e. The predicted octanol–water partition coefficient (Wildman–Crippen LogP) is 3.80. The molecule has 0 aromatic heterocycles. The molecule has 1 aromatic carbocycles. The first kappa shape index (κ1) is 11.1. The zero-order chi connectivity index (χ0) is 10.2. The molecule has 0 spiro atoms. The number of benzene rings is 1. The third-order valence-electron chi connectivity index (χ3n) is 2.04. The molecule has 1 N–H and O–H groups in total. The number of para-hydroxylation sites is 1. The summed E-state index contributed by atoms with van der Waals surface area (Å²) in [6, 6.07) is 8.39. The fourth-order valence-corrected chi connectivity index (χ4v) is 1.48. The van der Waals surface area contributed by atoms with Crippen LogP contribution in [0, 0.1) is 0 Å². The Morgan fingerprint density at radius 3 is 2.86 bits per heavy atom. The van der Waals surface area contributed by atoms with Crippen molar-refractivity contribution >= 4 is 17.3 Å². The largest absolute Gasteiger partial charge is 0.381 e. The summed E-state index contributed by atoms with van der Waals surface area (Å²) in [5.74, 6) is 0. The van der Waals surface area contributed by atoms with Crippen molar-refractivity contribution < 1.29 is 0 Å². The molecule has 1 rings (SSSR count). The van der Waals surface area contributed by atoms with Gasteiger partial charge >= 0.3 is 0 Å². The van der Waals surface area contributed by atoms with Gasteiger partial charge in [0.2, 0.25) is 0 Å². The molecule has 0 amide bonds. The van der Waals surface area contributed by atoms with Gasteiger partial charge in [-0.15, -0.1) is 0 Å². The Balaban J connectivity index is 2.63. The monoisotopic (exact) mass is 209 g/mol. The van der Waals surface area contributed by atoms with Crippen LogP contribution in [0.1, 0.15) is 18.9 Å². The van der Waals surface area contributed by atoms with E-state index in [1.807, 2.05) is 12.1 Å². The molecule has 0 aliphatic rings. The minimum absolute atomic E-state index is 0.782. The van der Waals surface area contributed by atoms with Crippen LogP contribution in [0.3, 0.4) is 0 Å². The van der Waals surface area contributed by atoms with Gasteiger partial charge in [-0.05, 0) is 18.1 Å². The smallest absolute Gasteiger partial charge is 0.0375 e. The fraction of sp³-hybridized carbons (Fsp3) is 0.333. The summed E-state index contributed by atoms with van der Waals surface area (Å²) in [6.45, 7) is 2.97. The number of anilines is 1. The Kier molecular flexibility index (Phi) is 5.16. The molecule has 2 heteroatoms. The Morgan fingerprint density at radius 2 is 2.14 bits per heavy atom. The lowest BCUT2D eigenvalue weighted by molar-refractivity contribution is 0.922. The second-order valence-corrected chi connectivity index (χ2v) is 3.40. The van der Waals surface area contributed by atoms with Crippen LogP contribution in [0.25, 0.3) is 0 Å². The highest BCUT2D eigenvalue weighted by Gasteiger charge is 1.97. The van der Waals surface area contributed by atoms with E-state index < -0.39 is 0 Å². The predicted molar refractivity (Wildman–Crippen MR) is 63.9 cm³/mol.